The fraction of sp³-hybridized carbons (Fsp3) is 0.412. The van der Waals surface area contributed by atoms with Crippen molar-refractivity contribution in [2.75, 3.05) is 40.1 Å². The Hall–Kier alpha value is -4.52. The van der Waals surface area contributed by atoms with Gasteiger partial charge in [0.25, 0.3) is 0 Å². The highest BCUT2D eigenvalue weighted by atomic mass is 16.6. The molecule has 0 aliphatic rings. The summed E-state index contributed by atoms with van der Waals surface area (Å²) in [6.07, 6.45) is 1.34. The number of esters is 1. The van der Waals surface area contributed by atoms with E-state index in [9.17, 15) is 19.2 Å². The molecule has 0 saturated heterocycles. The Kier molecular flexibility index (Phi) is 18.1. The number of aliphatic hydroxyl groups is 1. The van der Waals surface area contributed by atoms with E-state index in [0.717, 1.165) is 5.56 Å². The topological polar surface area (TPSA) is 162 Å². The number of ether oxygens (including phenoxy) is 4. The molecule has 0 aliphatic heterocycles. The lowest BCUT2D eigenvalue weighted by atomic mass is 9.97. The van der Waals surface area contributed by atoms with Gasteiger partial charge in [-0.3, -0.25) is 9.59 Å². The molecular weight excluding hydrogens is 594 g/mol. The Bertz CT molecular complexity index is 1230. The highest BCUT2D eigenvalue weighted by Gasteiger charge is 2.33. The van der Waals surface area contributed by atoms with Gasteiger partial charge in [-0.05, 0) is 24.0 Å². The molecule has 0 saturated carbocycles. The molecule has 2 aromatic carbocycles. The summed E-state index contributed by atoms with van der Waals surface area (Å²) in [6.45, 7) is 7.85. The lowest BCUT2D eigenvalue weighted by molar-refractivity contribution is -0.155. The number of methoxy groups -OCH3 is 1. The lowest BCUT2D eigenvalue weighted by Gasteiger charge is -2.30. The smallest absolute Gasteiger partial charge is 0.408 e. The molecule has 2 aromatic rings. The van der Waals surface area contributed by atoms with E-state index in [1.807, 2.05) is 18.2 Å². The number of rotatable bonds is 22. The van der Waals surface area contributed by atoms with E-state index >= 15 is 0 Å². The molecule has 0 fully saturated rings. The summed E-state index contributed by atoms with van der Waals surface area (Å²) in [4.78, 5) is 52.1. The van der Waals surface area contributed by atoms with Crippen molar-refractivity contribution in [3.63, 3.8) is 0 Å². The predicted octanol–water partition coefficient (Wildman–Crippen LogP) is 2.98. The predicted molar refractivity (Wildman–Crippen MR) is 171 cm³/mol. The van der Waals surface area contributed by atoms with Gasteiger partial charge in [-0.1, -0.05) is 72.8 Å². The first-order chi connectivity index (χ1) is 22.3. The van der Waals surface area contributed by atoms with Crippen molar-refractivity contribution >= 4 is 23.9 Å². The molecular formula is C34H45N3O9. The minimum atomic E-state index is -1.12. The highest BCUT2D eigenvalue weighted by Crippen LogP contribution is 2.24. The SMILES string of the molecule is C=CCC(CC(=O)NCCOCCO)C(=O)NC(COC)C(OC(=O)C(CC=C)NC(=O)OCc1ccccc1)c1ccccc1. The van der Waals surface area contributed by atoms with Crippen LogP contribution in [-0.4, -0.2) is 81.1 Å². The van der Waals surface area contributed by atoms with Crippen LogP contribution in [0.5, 0.6) is 0 Å². The fourth-order valence-electron chi connectivity index (χ4n) is 4.41. The van der Waals surface area contributed by atoms with Gasteiger partial charge in [-0.25, -0.2) is 9.59 Å². The minimum Gasteiger partial charge on any atom is -0.454 e. The molecule has 0 aliphatic carbocycles. The first kappa shape index (κ1) is 37.7. The van der Waals surface area contributed by atoms with E-state index in [2.05, 4.69) is 29.1 Å². The molecule has 46 heavy (non-hydrogen) atoms. The zero-order valence-corrected chi connectivity index (χ0v) is 26.2. The summed E-state index contributed by atoms with van der Waals surface area (Å²) in [5, 5.41) is 16.9. The van der Waals surface area contributed by atoms with Crippen molar-refractivity contribution in [1.82, 2.24) is 16.0 Å². The molecule has 0 heterocycles. The lowest BCUT2D eigenvalue weighted by Crippen LogP contribution is -2.48. The van der Waals surface area contributed by atoms with Crippen LogP contribution in [0.25, 0.3) is 0 Å². The van der Waals surface area contributed by atoms with Crippen molar-refractivity contribution in [2.45, 2.75) is 44.1 Å². The molecule has 0 radical (unpaired) electrons. The molecule has 0 spiro atoms. The van der Waals surface area contributed by atoms with Crippen LogP contribution < -0.4 is 16.0 Å². The zero-order chi connectivity index (χ0) is 33.6. The van der Waals surface area contributed by atoms with Crippen LogP contribution in [0, 0.1) is 5.92 Å². The second kappa shape index (κ2) is 22.1. The van der Waals surface area contributed by atoms with E-state index in [-0.39, 0.29) is 64.7 Å². The van der Waals surface area contributed by atoms with Crippen LogP contribution in [-0.2, 0) is 39.9 Å². The average molecular weight is 640 g/mol. The molecule has 3 amide bonds. The summed E-state index contributed by atoms with van der Waals surface area (Å²) in [5.41, 5.74) is 1.35. The Morgan fingerprint density at radius 3 is 2.22 bits per heavy atom. The number of amides is 3. The third kappa shape index (κ3) is 14.1. The number of hydrogen-bond donors (Lipinski definition) is 4. The van der Waals surface area contributed by atoms with E-state index in [1.165, 1.54) is 13.2 Å². The number of nitrogens with one attached hydrogen (secondary N) is 3. The summed E-state index contributed by atoms with van der Waals surface area (Å²) >= 11 is 0. The fourth-order valence-corrected chi connectivity index (χ4v) is 4.41. The van der Waals surface area contributed by atoms with E-state index in [0.29, 0.717) is 5.56 Å². The van der Waals surface area contributed by atoms with Crippen LogP contribution in [0.2, 0.25) is 0 Å². The maximum atomic E-state index is 13.5. The van der Waals surface area contributed by atoms with Gasteiger partial charge < -0.3 is 40.0 Å². The molecule has 2 rings (SSSR count). The minimum absolute atomic E-state index is 0.0124. The van der Waals surface area contributed by atoms with Gasteiger partial charge in [0.1, 0.15) is 18.8 Å². The third-order valence-corrected chi connectivity index (χ3v) is 6.66. The molecule has 4 N–H and O–H groups in total. The monoisotopic (exact) mass is 639 g/mol. The first-order valence-electron chi connectivity index (χ1n) is 15.0. The van der Waals surface area contributed by atoms with Crippen molar-refractivity contribution in [3.8, 4) is 0 Å². The number of aliphatic hydroxyl groups excluding tert-OH is 1. The summed E-state index contributed by atoms with van der Waals surface area (Å²) in [6, 6.07) is 15.9. The van der Waals surface area contributed by atoms with Gasteiger partial charge >= 0.3 is 12.1 Å². The number of alkyl carbamates (subject to hydrolysis) is 1. The number of carbonyl (C=O) groups excluding carboxylic acids is 4. The van der Waals surface area contributed by atoms with Crippen LogP contribution in [0.15, 0.2) is 86.0 Å². The van der Waals surface area contributed by atoms with Gasteiger partial charge in [-0.2, -0.15) is 0 Å². The van der Waals surface area contributed by atoms with Gasteiger partial charge in [0, 0.05) is 20.1 Å². The molecule has 0 bridgehead atoms. The molecule has 12 heteroatoms. The molecule has 12 nitrogen and oxygen atoms in total. The number of hydrogen-bond acceptors (Lipinski definition) is 9. The van der Waals surface area contributed by atoms with Gasteiger partial charge in [0.05, 0.1) is 38.4 Å². The molecule has 4 atom stereocenters. The van der Waals surface area contributed by atoms with Crippen LogP contribution in [0.4, 0.5) is 4.79 Å². The number of allylic oxidation sites excluding steroid dienone is 1. The summed E-state index contributed by atoms with van der Waals surface area (Å²) in [5.74, 6) is -2.36. The second-order valence-corrected chi connectivity index (χ2v) is 10.2. The second-order valence-electron chi connectivity index (χ2n) is 10.2. The number of carbonyl (C=O) groups is 4. The van der Waals surface area contributed by atoms with Crippen LogP contribution in [0.3, 0.4) is 0 Å². The highest BCUT2D eigenvalue weighted by molar-refractivity contribution is 5.86. The molecule has 0 aromatic heterocycles. The van der Waals surface area contributed by atoms with Crippen molar-refractivity contribution in [1.29, 1.82) is 0 Å². The van der Waals surface area contributed by atoms with E-state index in [1.54, 1.807) is 48.5 Å². The Morgan fingerprint density at radius 2 is 1.59 bits per heavy atom. The van der Waals surface area contributed by atoms with E-state index in [4.69, 9.17) is 24.1 Å². The largest absolute Gasteiger partial charge is 0.454 e. The summed E-state index contributed by atoms with van der Waals surface area (Å²) < 4.78 is 21.8. The Balaban J connectivity index is 2.17. The zero-order valence-electron chi connectivity index (χ0n) is 26.2. The van der Waals surface area contributed by atoms with Gasteiger partial charge in [0.2, 0.25) is 11.8 Å². The van der Waals surface area contributed by atoms with Gasteiger partial charge in [0.15, 0.2) is 0 Å². The quantitative estimate of drug-likeness (QED) is 0.0862. The molecule has 250 valence electrons. The Labute approximate surface area is 270 Å². The van der Waals surface area contributed by atoms with Crippen molar-refractivity contribution in [3.05, 3.63) is 97.1 Å². The Morgan fingerprint density at radius 1 is 0.913 bits per heavy atom. The van der Waals surface area contributed by atoms with Gasteiger partial charge in [-0.15, -0.1) is 13.2 Å². The third-order valence-electron chi connectivity index (χ3n) is 6.66. The maximum Gasteiger partial charge on any atom is 0.408 e. The first-order valence-corrected chi connectivity index (χ1v) is 15.0. The van der Waals surface area contributed by atoms with Crippen LogP contribution in [0.1, 0.15) is 36.5 Å². The normalized spacial score (nSPS) is 13.3. The van der Waals surface area contributed by atoms with E-state index < -0.39 is 42.1 Å². The van der Waals surface area contributed by atoms with Crippen molar-refractivity contribution < 1.29 is 43.2 Å². The average Bonchev–Trinajstić information content (AvgIpc) is 3.06. The summed E-state index contributed by atoms with van der Waals surface area (Å²) in [7, 11) is 1.45. The standard InChI is InChI=1S/C34H45N3O9/c1-4-12-27(22-30(39)35-18-20-44-21-19-38)32(40)36-29(24-43-3)31(26-16-10-7-11-17-26)46-33(41)28(13-5-2)37-34(42)45-23-25-14-8-6-9-15-25/h4-11,14-17,27-29,31,38H,1-2,12-13,18-24H2,3H3,(H,35,39)(H,36,40)(H,37,42). The van der Waals surface area contributed by atoms with Crippen molar-refractivity contribution in [2.24, 2.45) is 5.92 Å². The molecule has 4 unspecified atom stereocenters. The van der Waals surface area contributed by atoms with Crippen LogP contribution >= 0.6 is 0 Å². The maximum absolute atomic E-state index is 13.5. The number of benzene rings is 2.